The summed E-state index contributed by atoms with van der Waals surface area (Å²) in [4.78, 5) is 0. The molecule has 0 bridgehead atoms. The largest absolute Gasteiger partial charge is 0.454 e. The molecule has 0 amide bonds. The maximum atomic E-state index is 5.53. The Kier molecular flexibility index (Phi) is 5.48. The number of ether oxygens (including phenoxy) is 3. The second-order valence-corrected chi connectivity index (χ2v) is 5.19. The van der Waals surface area contributed by atoms with E-state index in [1.165, 1.54) is 5.56 Å². The molecule has 0 saturated carbocycles. The molecule has 19 heavy (non-hydrogen) atoms. The van der Waals surface area contributed by atoms with Gasteiger partial charge in [-0.05, 0) is 36.6 Å². The van der Waals surface area contributed by atoms with Crippen LogP contribution in [0.4, 0.5) is 0 Å². The third kappa shape index (κ3) is 4.73. The monoisotopic (exact) mass is 265 g/mol. The number of benzene rings is 1. The Morgan fingerprint density at radius 1 is 1.26 bits per heavy atom. The second-order valence-electron chi connectivity index (χ2n) is 5.19. The van der Waals surface area contributed by atoms with Crippen molar-refractivity contribution in [1.29, 1.82) is 0 Å². The van der Waals surface area contributed by atoms with E-state index < -0.39 is 0 Å². The highest BCUT2D eigenvalue weighted by Gasteiger charge is 2.12. The fraction of sp³-hybridized carbons (Fsp3) is 0.600. The molecule has 1 heterocycles. The van der Waals surface area contributed by atoms with E-state index in [-0.39, 0.29) is 0 Å². The molecular formula is C15H23NO3. The minimum Gasteiger partial charge on any atom is -0.454 e. The van der Waals surface area contributed by atoms with Crippen LogP contribution in [0, 0.1) is 5.92 Å². The Morgan fingerprint density at radius 2 is 2.11 bits per heavy atom. The van der Waals surface area contributed by atoms with Gasteiger partial charge in [-0.2, -0.15) is 0 Å². The van der Waals surface area contributed by atoms with E-state index in [1.54, 1.807) is 0 Å². The van der Waals surface area contributed by atoms with Crippen molar-refractivity contribution in [3.05, 3.63) is 23.8 Å². The van der Waals surface area contributed by atoms with Crippen LogP contribution in [0.2, 0.25) is 0 Å². The minimum absolute atomic E-state index is 0.333. The smallest absolute Gasteiger partial charge is 0.231 e. The molecule has 0 radical (unpaired) electrons. The summed E-state index contributed by atoms with van der Waals surface area (Å²) < 4.78 is 16.2. The highest BCUT2D eigenvalue weighted by atomic mass is 16.7. The van der Waals surface area contributed by atoms with E-state index in [4.69, 9.17) is 14.2 Å². The number of rotatable bonds is 8. The average molecular weight is 265 g/mol. The van der Waals surface area contributed by atoms with Crippen LogP contribution >= 0.6 is 0 Å². The summed E-state index contributed by atoms with van der Waals surface area (Å²) in [5, 5.41) is 3.40. The first kappa shape index (κ1) is 14.2. The van der Waals surface area contributed by atoms with E-state index >= 15 is 0 Å². The number of hydrogen-bond donors (Lipinski definition) is 1. The molecule has 0 atom stereocenters. The number of fused-ring (bicyclic) bond motifs is 1. The third-order valence-electron chi connectivity index (χ3n) is 2.86. The molecule has 1 N–H and O–H groups in total. The SMILES string of the molecule is CC(C)COCCCNCc1ccc2c(c1)OCO2. The van der Waals surface area contributed by atoms with Gasteiger partial charge in [0.05, 0.1) is 0 Å². The number of nitrogens with one attached hydrogen (secondary N) is 1. The van der Waals surface area contributed by atoms with Crippen LogP contribution in [0.3, 0.4) is 0 Å². The van der Waals surface area contributed by atoms with Crippen molar-refractivity contribution < 1.29 is 14.2 Å². The van der Waals surface area contributed by atoms with E-state index in [2.05, 4.69) is 25.2 Å². The van der Waals surface area contributed by atoms with Gasteiger partial charge in [0.1, 0.15) is 0 Å². The van der Waals surface area contributed by atoms with Gasteiger partial charge in [-0.25, -0.2) is 0 Å². The van der Waals surface area contributed by atoms with E-state index in [0.29, 0.717) is 12.7 Å². The molecular weight excluding hydrogens is 242 g/mol. The first-order valence-corrected chi connectivity index (χ1v) is 6.92. The van der Waals surface area contributed by atoms with Crippen molar-refractivity contribution in [2.45, 2.75) is 26.8 Å². The van der Waals surface area contributed by atoms with Gasteiger partial charge in [0, 0.05) is 19.8 Å². The quantitative estimate of drug-likeness (QED) is 0.733. The summed E-state index contributed by atoms with van der Waals surface area (Å²) in [6, 6.07) is 6.06. The van der Waals surface area contributed by atoms with Crippen molar-refractivity contribution in [1.82, 2.24) is 5.32 Å². The molecule has 106 valence electrons. The standard InChI is InChI=1S/C15H23NO3/c1-12(2)10-17-7-3-6-16-9-13-4-5-14-15(8-13)19-11-18-14/h4-5,8,12,16H,3,6-7,9-11H2,1-2H3. The first-order valence-electron chi connectivity index (χ1n) is 6.92. The molecule has 0 aliphatic carbocycles. The molecule has 0 aromatic heterocycles. The maximum absolute atomic E-state index is 5.53. The van der Waals surface area contributed by atoms with Crippen molar-refractivity contribution in [3.63, 3.8) is 0 Å². The van der Waals surface area contributed by atoms with Gasteiger partial charge < -0.3 is 19.5 Å². The molecule has 4 nitrogen and oxygen atoms in total. The highest BCUT2D eigenvalue weighted by molar-refractivity contribution is 5.44. The Morgan fingerprint density at radius 3 is 2.95 bits per heavy atom. The van der Waals surface area contributed by atoms with Crippen molar-refractivity contribution in [2.24, 2.45) is 5.92 Å². The zero-order chi connectivity index (χ0) is 13.5. The molecule has 0 fully saturated rings. The third-order valence-corrected chi connectivity index (χ3v) is 2.86. The topological polar surface area (TPSA) is 39.7 Å². The molecule has 0 saturated heterocycles. The lowest BCUT2D eigenvalue weighted by Gasteiger charge is -2.08. The van der Waals surface area contributed by atoms with Crippen LogP contribution < -0.4 is 14.8 Å². The summed E-state index contributed by atoms with van der Waals surface area (Å²) >= 11 is 0. The summed E-state index contributed by atoms with van der Waals surface area (Å²) in [5.74, 6) is 2.30. The molecule has 0 unspecified atom stereocenters. The molecule has 1 aromatic rings. The van der Waals surface area contributed by atoms with Gasteiger partial charge >= 0.3 is 0 Å². The molecule has 1 aliphatic heterocycles. The number of hydrogen-bond acceptors (Lipinski definition) is 4. The van der Waals surface area contributed by atoms with Crippen LogP contribution in [0.15, 0.2) is 18.2 Å². The lowest BCUT2D eigenvalue weighted by atomic mass is 10.2. The van der Waals surface area contributed by atoms with Crippen LogP contribution in [0.1, 0.15) is 25.8 Å². The maximum Gasteiger partial charge on any atom is 0.231 e. The van der Waals surface area contributed by atoms with Crippen molar-refractivity contribution in [2.75, 3.05) is 26.6 Å². The van der Waals surface area contributed by atoms with Crippen LogP contribution in [-0.2, 0) is 11.3 Å². The van der Waals surface area contributed by atoms with Crippen molar-refractivity contribution >= 4 is 0 Å². The predicted molar refractivity (Wildman–Crippen MR) is 74.5 cm³/mol. The average Bonchev–Trinajstić information content (AvgIpc) is 2.84. The predicted octanol–water partition coefficient (Wildman–Crippen LogP) is 2.57. The van der Waals surface area contributed by atoms with E-state index in [0.717, 1.165) is 44.2 Å². The zero-order valence-electron chi connectivity index (χ0n) is 11.8. The summed E-state index contributed by atoms with van der Waals surface area (Å²) in [7, 11) is 0. The first-order chi connectivity index (χ1) is 9.25. The normalized spacial score (nSPS) is 13.2. The van der Waals surface area contributed by atoms with E-state index in [1.807, 2.05) is 12.1 Å². The zero-order valence-corrected chi connectivity index (χ0v) is 11.8. The summed E-state index contributed by atoms with van der Waals surface area (Å²) in [6.45, 7) is 8.15. The Balaban J connectivity index is 1.58. The lowest BCUT2D eigenvalue weighted by Crippen LogP contribution is -2.16. The molecule has 0 spiro atoms. The van der Waals surface area contributed by atoms with Crippen LogP contribution in [0.5, 0.6) is 11.5 Å². The summed E-state index contributed by atoms with van der Waals surface area (Å²) in [6.07, 6.45) is 1.04. The Hall–Kier alpha value is -1.26. The molecule has 1 aliphatic rings. The molecule has 2 rings (SSSR count). The van der Waals surface area contributed by atoms with Gasteiger partial charge in [-0.15, -0.1) is 0 Å². The Bertz CT molecular complexity index is 393. The van der Waals surface area contributed by atoms with Gasteiger partial charge in [0.25, 0.3) is 0 Å². The fourth-order valence-corrected chi connectivity index (χ4v) is 1.90. The Labute approximate surface area is 115 Å². The lowest BCUT2D eigenvalue weighted by molar-refractivity contribution is 0.108. The second kappa shape index (κ2) is 7.36. The highest BCUT2D eigenvalue weighted by Crippen LogP contribution is 2.32. The fourth-order valence-electron chi connectivity index (χ4n) is 1.90. The van der Waals surface area contributed by atoms with Crippen LogP contribution in [0.25, 0.3) is 0 Å². The van der Waals surface area contributed by atoms with Gasteiger partial charge in [-0.3, -0.25) is 0 Å². The van der Waals surface area contributed by atoms with Crippen LogP contribution in [-0.4, -0.2) is 26.6 Å². The summed E-state index contributed by atoms with van der Waals surface area (Å²) in [5.41, 5.74) is 1.22. The molecule has 4 heteroatoms. The minimum atomic E-state index is 0.333. The van der Waals surface area contributed by atoms with Crippen molar-refractivity contribution in [3.8, 4) is 11.5 Å². The van der Waals surface area contributed by atoms with E-state index in [9.17, 15) is 0 Å². The van der Waals surface area contributed by atoms with Gasteiger partial charge in [-0.1, -0.05) is 19.9 Å². The van der Waals surface area contributed by atoms with Gasteiger partial charge in [0.2, 0.25) is 6.79 Å². The van der Waals surface area contributed by atoms with Gasteiger partial charge in [0.15, 0.2) is 11.5 Å². The molecule has 1 aromatic carbocycles.